The lowest BCUT2D eigenvalue weighted by molar-refractivity contribution is 0.632. The van der Waals surface area contributed by atoms with E-state index in [1.54, 1.807) is 0 Å². The third-order valence-corrected chi connectivity index (χ3v) is 11.2. The lowest BCUT2D eigenvalue weighted by Crippen LogP contribution is -2.30. The van der Waals surface area contributed by atoms with Gasteiger partial charge in [0.15, 0.2) is 0 Å². The molecule has 1 aliphatic rings. The highest BCUT2D eigenvalue weighted by Crippen LogP contribution is 2.53. The first-order valence-electron chi connectivity index (χ1n) is 18.4. The Morgan fingerprint density at radius 1 is 0.340 bits per heavy atom. The molecule has 0 atom stereocenters. The standard InChI is InChI=1S/C51H38N2/c1-51(2)46-33-40(36-13-7-4-8-14-36)23-31-49(46)53(44-25-21-37(22-26-44)35-11-5-3-6-12-35)50-32-24-41(34-47(50)51)38-17-19-39(20-18-38)45-15-9-10-16-48(45)52-42-27-28-43(52)30-29-42/h3-34H,1-2H3. The maximum atomic E-state index is 2.45. The van der Waals surface area contributed by atoms with Crippen LogP contribution in [0.3, 0.4) is 0 Å². The number of para-hydroxylation sites is 1. The summed E-state index contributed by atoms with van der Waals surface area (Å²) in [4.78, 5) is 2.45. The number of hydrogen-bond donors (Lipinski definition) is 0. The van der Waals surface area contributed by atoms with Crippen LogP contribution in [0.2, 0.25) is 0 Å². The van der Waals surface area contributed by atoms with Crippen molar-refractivity contribution in [1.29, 1.82) is 0 Å². The first-order chi connectivity index (χ1) is 26.0. The van der Waals surface area contributed by atoms with Gasteiger partial charge in [0.1, 0.15) is 0 Å². The molecule has 0 aliphatic carbocycles. The Labute approximate surface area is 311 Å². The number of nitrogens with zero attached hydrogens (tertiary/aromatic N) is 2. The van der Waals surface area contributed by atoms with Crippen molar-refractivity contribution in [3.8, 4) is 50.2 Å². The van der Waals surface area contributed by atoms with Gasteiger partial charge in [-0.25, -0.2) is 0 Å². The van der Waals surface area contributed by atoms with E-state index in [9.17, 15) is 0 Å². The van der Waals surface area contributed by atoms with Crippen LogP contribution in [0.15, 0.2) is 194 Å². The second-order valence-corrected chi connectivity index (χ2v) is 14.6. The van der Waals surface area contributed by atoms with Gasteiger partial charge in [0, 0.05) is 27.7 Å². The molecule has 2 nitrogen and oxygen atoms in total. The molecule has 2 bridgehead atoms. The highest BCUT2D eigenvalue weighted by atomic mass is 15.2. The summed E-state index contributed by atoms with van der Waals surface area (Å²) in [5.41, 5.74) is 19.4. The molecule has 0 unspecified atom stereocenters. The van der Waals surface area contributed by atoms with Crippen LogP contribution in [-0.4, -0.2) is 4.57 Å². The topological polar surface area (TPSA) is 8.17 Å². The predicted molar refractivity (Wildman–Crippen MR) is 223 cm³/mol. The molecule has 0 N–H and O–H groups in total. The normalized spacial score (nSPS) is 13.2. The van der Waals surface area contributed by atoms with Crippen molar-refractivity contribution in [3.63, 3.8) is 0 Å². The molecule has 53 heavy (non-hydrogen) atoms. The molecule has 252 valence electrons. The van der Waals surface area contributed by atoms with Gasteiger partial charge in [0.25, 0.3) is 0 Å². The molecule has 0 amide bonds. The Balaban J connectivity index is 1.07. The van der Waals surface area contributed by atoms with Crippen LogP contribution in [0, 0.1) is 0 Å². The highest BCUT2D eigenvalue weighted by Gasteiger charge is 2.37. The van der Waals surface area contributed by atoms with Crippen molar-refractivity contribution in [2.75, 3.05) is 4.90 Å². The summed E-state index contributed by atoms with van der Waals surface area (Å²) in [7, 11) is 0. The molecule has 2 aromatic heterocycles. The molecular weight excluding hydrogens is 641 g/mol. The Hall–Kier alpha value is -6.64. The fourth-order valence-corrected chi connectivity index (χ4v) is 8.37. The van der Waals surface area contributed by atoms with Gasteiger partial charge >= 0.3 is 0 Å². The minimum absolute atomic E-state index is 0.239. The van der Waals surface area contributed by atoms with Crippen LogP contribution in [0.4, 0.5) is 17.1 Å². The largest absolute Gasteiger partial charge is 0.310 e. The molecule has 0 radical (unpaired) electrons. The average molecular weight is 679 g/mol. The third kappa shape index (κ3) is 5.18. The van der Waals surface area contributed by atoms with Gasteiger partial charge in [-0.1, -0.05) is 141 Å². The van der Waals surface area contributed by atoms with Gasteiger partial charge in [-0.05, 0) is 117 Å². The Bertz CT molecular complexity index is 2670. The minimum atomic E-state index is -0.239. The smallest absolute Gasteiger partial charge is 0.0540 e. The van der Waals surface area contributed by atoms with Crippen molar-refractivity contribution in [2.45, 2.75) is 19.3 Å². The number of benzene rings is 8. The second-order valence-electron chi connectivity index (χ2n) is 14.6. The highest BCUT2D eigenvalue weighted by molar-refractivity contribution is 5.90. The minimum Gasteiger partial charge on any atom is -0.310 e. The van der Waals surface area contributed by atoms with Crippen LogP contribution in [0.1, 0.15) is 25.0 Å². The Morgan fingerprint density at radius 2 is 0.755 bits per heavy atom. The zero-order chi connectivity index (χ0) is 35.5. The predicted octanol–water partition coefficient (Wildman–Crippen LogP) is 13.8. The lowest BCUT2D eigenvalue weighted by Gasteiger charge is -2.42. The summed E-state index contributed by atoms with van der Waals surface area (Å²) in [6.07, 6.45) is 0. The van der Waals surface area contributed by atoms with Crippen LogP contribution < -0.4 is 4.90 Å². The molecular formula is C51H38N2. The van der Waals surface area contributed by atoms with E-state index >= 15 is 0 Å². The van der Waals surface area contributed by atoms with Crippen LogP contribution >= 0.6 is 0 Å². The fourth-order valence-electron chi connectivity index (χ4n) is 8.37. The molecule has 3 heterocycles. The SMILES string of the molecule is CC1(C)c2cc(-c3ccccc3)ccc2N(c2ccc(-c3ccccc3)cc2)c2ccc(-c3ccc(-c4ccccc4-n4c5ccc4cc5)cc3)cc21. The number of anilines is 3. The van der Waals surface area contributed by atoms with Crippen LogP contribution in [0.5, 0.6) is 0 Å². The zero-order valence-corrected chi connectivity index (χ0v) is 29.9. The van der Waals surface area contributed by atoms with Gasteiger partial charge in [-0.2, -0.15) is 0 Å². The van der Waals surface area contributed by atoms with E-state index in [-0.39, 0.29) is 5.41 Å². The van der Waals surface area contributed by atoms with Gasteiger partial charge in [0.05, 0.1) is 17.1 Å². The van der Waals surface area contributed by atoms with Crippen LogP contribution in [0.25, 0.3) is 61.2 Å². The van der Waals surface area contributed by atoms with Crippen LogP contribution in [-0.2, 0) is 5.41 Å². The summed E-state index contributed by atoms with van der Waals surface area (Å²) >= 11 is 0. The number of fused-ring (bicyclic) bond motifs is 4. The van der Waals surface area contributed by atoms with E-state index in [0.29, 0.717) is 0 Å². The molecule has 10 rings (SSSR count). The summed E-state index contributed by atoms with van der Waals surface area (Å²) < 4.78 is 2.34. The molecule has 0 saturated carbocycles. The van der Waals surface area contributed by atoms with Gasteiger partial charge in [0.2, 0.25) is 0 Å². The first kappa shape index (κ1) is 31.1. The zero-order valence-electron chi connectivity index (χ0n) is 29.9. The molecule has 7 aromatic carbocycles. The van der Waals surface area contributed by atoms with E-state index in [0.717, 1.165) is 5.69 Å². The summed E-state index contributed by atoms with van der Waals surface area (Å²) in [6.45, 7) is 4.76. The van der Waals surface area contributed by atoms with Crippen molar-refractivity contribution in [3.05, 3.63) is 205 Å². The van der Waals surface area contributed by atoms with E-state index in [2.05, 4.69) is 217 Å². The Morgan fingerprint density at radius 3 is 1.32 bits per heavy atom. The number of aromatic nitrogens is 1. The molecule has 0 saturated heterocycles. The first-order valence-corrected chi connectivity index (χ1v) is 18.4. The summed E-state index contributed by atoms with van der Waals surface area (Å²) in [6, 6.07) is 71.0. The van der Waals surface area contributed by atoms with Gasteiger partial charge in [-0.15, -0.1) is 0 Å². The maximum Gasteiger partial charge on any atom is 0.0540 e. The Kier molecular flexibility index (Phi) is 7.19. The second kappa shape index (κ2) is 12.3. The quantitative estimate of drug-likeness (QED) is 0.170. The van der Waals surface area contributed by atoms with E-state index in [4.69, 9.17) is 0 Å². The third-order valence-electron chi connectivity index (χ3n) is 11.2. The van der Waals surface area contributed by atoms with Crippen molar-refractivity contribution >= 4 is 28.1 Å². The monoisotopic (exact) mass is 678 g/mol. The van der Waals surface area contributed by atoms with Gasteiger partial charge in [-0.3, -0.25) is 0 Å². The maximum absolute atomic E-state index is 2.45. The summed E-state index contributed by atoms with van der Waals surface area (Å²) in [5, 5.41) is 0. The van der Waals surface area contributed by atoms with Crippen molar-refractivity contribution in [1.82, 2.24) is 4.57 Å². The molecule has 1 aliphatic heterocycles. The molecule has 2 heteroatoms. The number of hydrogen-bond acceptors (Lipinski definition) is 1. The van der Waals surface area contributed by atoms with Gasteiger partial charge < -0.3 is 9.47 Å². The van der Waals surface area contributed by atoms with E-state index < -0.39 is 0 Å². The average Bonchev–Trinajstić information content (AvgIpc) is 3.83. The molecule has 9 aromatic rings. The fraction of sp³-hybridized carbons (Fsp3) is 0.0588. The van der Waals surface area contributed by atoms with Crippen molar-refractivity contribution in [2.24, 2.45) is 0 Å². The van der Waals surface area contributed by atoms with Crippen molar-refractivity contribution < 1.29 is 0 Å². The summed E-state index contributed by atoms with van der Waals surface area (Å²) in [5.74, 6) is 0. The number of rotatable bonds is 6. The van der Waals surface area contributed by atoms with E-state index in [1.165, 1.54) is 83.7 Å². The molecule has 0 spiro atoms. The lowest BCUT2D eigenvalue weighted by atomic mass is 9.72. The molecule has 0 fully saturated rings. The van der Waals surface area contributed by atoms with E-state index in [1.807, 2.05) is 0 Å².